The SMILES string of the molecule is Cc1ccc(NC(=O)c2sc3nc4n(c(=O)c3c2C)CCCCC4)cc1C. The van der Waals surface area contributed by atoms with Gasteiger partial charge in [0.05, 0.1) is 10.3 Å². The number of carbonyl (C=O) groups excluding carboxylic acids is 1. The first-order chi connectivity index (χ1) is 13.0. The summed E-state index contributed by atoms with van der Waals surface area (Å²) in [6.45, 7) is 6.63. The van der Waals surface area contributed by atoms with Crippen LogP contribution in [0.2, 0.25) is 0 Å². The Bertz CT molecular complexity index is 1110. The molecular weight excluding hydrogens is 358 g/mol. The molecule has 0 spiro atoms. The van der Waals surface area contributed by atoms with Crippen molar-refractivity contribution in [3.63, 3.8) is 0 Å². The maximum Gasteiger partial charge on any atom is 0.266 e. The molecular formula is C21H23N3O2S. The third kappa shape index (κ3) is 3.18. The molecule has 1 N–H and O–H groups in total. The van der Waals surface area contributed by atoms with Crippen molar-refractivity contribution in [1.29, 1.82) is 0 Å². The van der Waals surface area contributed by atoms with E-state index in [9.17, 15) is 9.59 Å². The number of amides is 1. The maximum atomic E-state index is 13.0. The molecule has 0 atom stereocenters. The van der Waals surface area contributed by atoms with Crippen LogP contribution in [-0.2, 0) is 13.0 Å². The van der Waals surface area contributed by atoms with E-state index >= 15 is 0 Å². The number of carbonyl (C=O) groups is 1. The molecule has 0 saturated heterocycles. The van der Waals surface area contributed by atoms with E-state index in [-0.39, 0.29) is 11.5 Å². The molecule has 3 aromatic rings. The molecule has 0 fully saturated rings. The number of hydrogen-bond donors (Lipinski definition) is 1. The van der Waals surface area contributed by atoms with Crippen LogP contribution >= 0.6 is 11.3 Å². The van der Waals surface area contributed by atoms with Crippen LogP contribution in [-0.4, -0.2) is 15.5 Å². The highest BCUT2D eigenvalue weighted by Crippen LogP contribution is 2.29. The van der Waals surface area contributed by atoms with Crippen LogP contribution in [0.5, 0.6) is 0 Å². The fourth-order valence-electron chi connectivity index (χ4n) is 3.63. The molecule has 1 amide bonds. The fraction of sp³-hybridized carbons (Fsp3) is 0.381. The predicted molar refractivity (Wildman–Crippen MR) is 110 cm³/mol. The van der Waals surface area contributed by atoms with Crippen molar-refractivity contribution in [2.45, 2.75) is 53.0 Å². The Morgan fingerprint density at radius 1 is 1.15 bits per heavy atom. The number of thiophene rings is 1. The molecule has 4 rings (SSSR count). The topological polar surface area (TPSA) is 64.0 Å². The monoisotopic (exact) mass is 381 g/mol. The Hall–Kier alpha value is -2.47. The van der Waals surface area contributed by atoms with Gasteiger partial charge >= 0.3 is 0 Å². The van der Waals surface area contributed by atoms with Crippen molar-refractivity contribution in [2.75, 3.05) is 5.32 Å². The number of anilines is 1. The smallest absolute Gasteiger partial charge is 0.266 e. The van der Waals surface area contributed by atoms with Crippen LogP contribution < -0.4 is 10.9 Å². The molecule has 0 aliphatic carbocycles. The van der Waals surface area contributed by atoms with Gasteiger partial charge < -0.3 is 5.32 Å². The Kier molecular flexibility index (Phi) is 4.60. The van der Waals surface area contributed by atoms with E-state index in [2.05, 4.69) is 5.32 Å². The second-order valence-corrected chi connectivity index (χ2v) is 8.28. The van der Waals surface area contributed by atoms with Crippen molar-refractivity contribution in [3.8, 4) is 0 Å². The van der Waals surface area contributed by atoms with Crippen molar-refractivity contribution >= 4 is 33.1 Å². The minimum absolute atomic E-state index is 0.00381. The van der Waals surface area contributed by atoms with Crippen molar-refractivity contribution in [1.82, 2.24) is 9.55 Å². The molecule has 0 saturated carbocycles. The van der Waals surface area contributed by atoms with Crippen LogP contribution in [0, 0.1) is 20.8 Å². The van der Waals surface area contributed by atoms with Gasteiger partial charge in [-0.1, -0.05) is 12.5 Å². The predicted octanol–water partition coefficient (Wildman–Crippen LogP) is 4.36. The van der Waals surface area contributed by atoms with E-state index in [4.69, 9.17) is 4.98 Å². The zero-order valence-electron chi connectivity index (χ0n) is 15.9. The van der Waals surface area contributed by atoms with Gasteiger partial charge in [-0.05, 0) is 62.4 Å². The molecule has 6 heteroatoms. The summed E-state index contributed by atoms with van der Waals surface area (Å²) in [5.41, 5.74) is 3.80. The average molecular weight is 382 g/mol. The lowest BCUT2D eigenvalue weighted by molar-refractivity contribution is 0.103. The van der Waals surface area contributed by atoms with Crippen LogP contribution in [0.25, 0.3) is 10.2 Å². The van der Waals surface area contributed by atoms with Crippen LogP contribution in [0.1, 0.15) is 51.4 Å². The van der Waals surface area contributed by atoms with Crippen LogP contribution in [0.4, 0.5) is 5.69 Å². The summed E-state index contributed by atoms with van der Waals surface area (Å²) in [7, 11) is 0. The van der Waals surface area contributed by atoms with Crippen LogP contribution in [0.3, 0.4) is 0 Å². The summed E-state index contributed by atoms with van der Waals surface area (Å²) in [6, 6.07) is 5.86. The Balaban J connectivity index is 1.75. The van der Waals surface area contributed by atoms with Gasteiger partial charge in [0.1, 0.15) is 10.7 Å². The summed E-state index contributed by atoms with van der Waals surface area (Å²) in [5.74, 6) is 0.672. The molecule has 0 radical (unpaired) electrons. The van der Waals surface area contributed by atoms with Crippen molar-refractivity contribution < 1.29 is 4.79 Å². The molecule has 2 aromatic heterocycles. The third-order valence-electron chi connectivity index (χ3n) is 5.38. The number of rotatable bonds is 2. The zero-order chi connectivity index (χ0) is 19.1. The van der Waals surface area contributed by atoms with Gasteiger partial charge in [0.25, 0.3) is 11.5 Å². The zero-order valence-corrected chi connectivity index (χ0v) is 16.7. The third-order valence-corrected chi connectivity index (χ3v) is 6.57. The standard InChI is InChI=1S/C21H23N3O2S/c1-12-8-9-15(11-13(12)2)22-19(25)18-14(3)17-20(27-18)23-16-7-5-4-6-10-24(16)21(17)26/h8-9,11H,4-7,10H2,1-3H3,(H,22,25). The first kappa shape index (κ1) is 17.9. The molecule has 3 heterocycles. The summed E-state index contributed by atoms with van der Waals surface area (Å²) in [4.78, 5) is 31.8. The fourth-order valence-corrected chi connectivity index (χ4v) is 4.72. The van der Waals surface area contributed by atoms with E-state index in [1.165, 1.54) is 16.9 Å². The first-order valence-electron chi connectivity index (χ1n) is 9.37. The number of benzene rings is 1. The lowest BCUT2D eigenvalue weighted by Gasteiger charge is -2.08. The Labute approximate surface area is 162 Å². The van der Waals surface area contributed by atoms with E-state index in [1.807, 2.05) is 39.0 Å². The number of hydrogen-bond acceptors (Lipinski definition) is 4. The molecule has 5 nitrogen and oxygen atoms in total. The van der Waals surface area contributed by atoms with Gasteiger partial charge in [0.15, 0.2) is 0 Å². The molecule has 1 aromatic carbocycles. The summed E-state index contributed by atoms with van der Waals surface area (Å²) in [5, 5.41) is 3.56. The van der Waals surface area contributed by atoms with Crippen LogP contribution in [0.15, 0.2) is 23.0 Å². The second-order valence-electron chi connectivity index (χ2n) is 7.28. The Morgan fingerprint density at radius 2 is 1.96 bits per heavy atom. The van der Waals surface area contributed by atoms with E-state index in [1.54, 1.807) is 4.57 Å². The van der Waals surface area contributed by atoms with E-state index in [0.717, 1.165) is 54.9 Å². The van der Waals surface area contributed by atoms with Gasteiger partial charge in [-0.2, -0.15) is 0 Å². The van der Waals surface area contributed by atoms with E-state index < -0.39 is 0 Å². The normalized spacial score (nSPS) is 14.0. The lowest BCUT2D eigenvalue weighted by atomic mass is 10.1. The minimum Gasteiger partial charge on any atom is -0.321 e. The highest BCUT2D eigenvalue weighted by atomic mass is 32.1. The highest BCUT2D eigenvalue weighted by Gasteiger charge is 2.22. The molecule has 27 heavy (non-hydrogen) atoms. The maximum absolute atomic E-state index is 13.0. The summed E-state index contributed by atoms with van der Waals surface area (Å²) in [6.07, 6.45) is 4.01. The largest absolute Gasteiger partial charge is 0.321 e. The van der Waals surface area contributed by atoms with Gasteiger partial charge in [0, 0.05) is 18.7 Å². The van der Waals surface area contributed by atoms with Crippen molar-refractivity contribution in [2.24, 2.45) is 0 Å². The minimum atomic E-state index is -0.182. The lowest BCUT2D eigenvalue weighted by Crippen LogP contribution is -2.24. The first-order valence-corrected chi connectivity index (χ1v) is 10.2. The molecule has 0 bridgehead atoms. The van der Waals surface area contributed by atoms with Gasteiger partial charge in [-0.25, -0.2) is 4.98 Å². The molecule has 1 aliphatic rings. The van der Waals surface area contributed by atoms with Gasteiger partial charge in [0.2, 0.25) is 0 Å². The van der Waals surface area contributed by atoms with Crippen molar-refractivity contribution in [3.05, 3.63) is 55.9 Å². The second kappa shape index (κ2) is 6.93. The molecule has 140 valence electrons. The van der Waals surface area contributed by atoms with Gasteiger partial charge in [-0.15, -0.1) is 11.3 Å². The number of nitrogens with one attached hydrogen (secondary N) is 1. The quantitative estimate of drug-likeness (QED) is 0.717. The van der Waals surface area contributed by atoms with Gasteiger partial charge in [-0.3, -0.25) is 14.2 Å². The number of aryl methyl sites for hydroxylation is 4. The number of nitrogens with zero attached hydrogens (tertiary/aromatic N) is 2. The molecule has 0 unspecified atom stereocenters. The summed E-state index contributed by atoms with van der Waals surface area (Å²) >= 11 is 1.32. The highest BCUT2D eigenvalue weighted by molar-refractivity contribution is 7.20. The van der Waals surface area contributed by atoms with E-state index in [0.29, 0.717) is 15.1 Å². The number of fused-ring (bicyclic) bond motifs is 2. The molecule has 1 aliphatic heterocycles. The average Bonchev–Trinajstić information content (AvgIpc) is 2.80. The summed E-state index contributed by atoms with van der Waals surface area (Å²) < 4.78 is 1.81. The Morgan fingerprint density at radius 3 is 2.74 bits per heavy atom. The number of aromatic nitrogens is 2.